The molecule has 0 bridgehead atoms. The van der Waals surface area contributed by atoms with Gasteiger partial charge in [-0.1, -0.05) is 30.3 Å². The average molecular weight is 276 g/mol. The number of carbonyl (C=O) groups excluding carboxylic acids is 1. The van der Waals surface area contributed by atoms with Crippen molar-refractivity contribution >= 4 is 17.5 Å². The summed E-state index contributed by atoms with van der Waals surface area (Å²) in [6.45, 7) is 0.761. The molecule has 1 saturated heterocycles. The van der Waals surface area contributed by atoms with E-state index in [9.17, 15) is 4.79 Å². The molecule has 3 rings (SSSR count). The highest BCUT2D eigenvalue weighted by atomic mass is 35.5. The Morgan fingerprint density at radius 3 is 2.68 bits per heavy atom. The van der Waals surface area contributed by atoms with Crippen LogP contribution in [0.15, 0.2) is 46.9 Å². The molecule has 0 aliphatic carbocycles. The summed E-state index contributed by atoms with van der Waals surface area (Å²) in [6.07, 6.45) is 2.00. The van der Waals surface area contributed by atoms with E-state index in [1.165, 1.54) is 5.56 Å². The molecule has 1 amide bonds. The van der Waals surface area contributed by atoms with Crippen LogP contribution in [0.25, 0.3) is 0 Å². The van der Waals surface area contributed by atoms with Crippen LogP contribution in [0.1, 0.15) is 35.0 Å². The van der Waals surface area contributed by atoms with Gasteiger partial charge in [0.1, 0.15) is 0 Å². The van der Waals surface area contributed by atoms with Crippen LogP contribution in [-0.4, -0.2) is 17.4 Å². The van der Waals surface area contributed by atoms with E-state index in [2.05, 4.69) is 12.1 Å². The van der Waals surface area contributed by atoms with Crippen molar-refractivity contribution in [3.8, 4) is 0 Å². The Balaban J connectivity index is 1.86. The third-order valence-corrected chi connectivity index (χ3v) is 3.69. The molecule has 2 aromatic rings. The molecule has 98 valence electrons. The van der Waals surface area contributed by atoms with Crippen molar-refractivity contribution in [2.24, 2.45) is 0 Å². The largest absolute Gasteiger partial charge is 0.440 e. The molecule has 0 N–H and O–H groups in total. The number of halogens is 1. The normalized spacial score (nSPS) is 18.8. The fourth-order valence-corrected chi connectivity index (χ4v) is 2.75. The SMILES string of the molecule is O=C(c1ccc(Cl)o1)N1CCCC1c1ccccc1. The summed E-state index contributed by atoms with van der Waals surface area (Å²) in [5, 5.41) is 0.249. The van der Waals surface area contributed by atoms with Gasteiger partial charge in [0.2, 0.25) is 0 Å². The van der Waals surface area contributed by atoms with E-state index in [1.807, 2.05) is 23.1 Å². The second-order valence-corrected chi connectivity index (χ2v) is 5.04. The molecule has 1 aromatic carbocycles. The number of hydrogen-bond acceptors (Lipinski definition) is 2. The molecule has 1 fully saturated rings. The average Bonchev–Trinajstić information content (AvgIpc) is 3.07. The molecule has 0 radical (unpaired) electrons. The van der Waals surface area contributed by atoms with Gasteiger partial charge in [0.25, 0.3) is 5.91 Å². The fraction of sp³-hybridized carbons (Fsp3) is 0.267. The summed E-state index contributed by atoms with van der Waals surface area (Å²) in [5.41, 5.74) is 1.17. The maximum atomic E-state index is 12.4. The van der Waals surface area contributed by atoms with Gasteiger partial charge in [-0.05, 0) is 42.1 Å². The van der Waals surface area contributed by atoms with Gasteiger partial charge in [0.15, 0.2) is 11.0 Å². The van der Waals surface area contributed by atoms with Gasteiger partial charge < -0.3 is 9.32 Å². The Morgan fingerprint density at radius 2 is 2.00 bits per heavy atom. The van der Waals surface area contributed by atoms with E-state index in [4.69, 9.17) is 16.0 Å². The summed E-state index contributed by atoms with van der Waals surface area (Å²) >= 11 is 5.73. The minimum absolute atomic E-state index is 0.0850. The summed E-state index contributed by atoms with van der Waals surface area (Å²) in [4.78, 5) is 14.3. The molecule has 3 nitrogen and oxygen atoms in total. The molecule has 1 unspecified atom stereocenters. The van der Waals surface area contributed by atoms with Gasteiger partial charge in [-0.25, -0.2) is 0 Å². The van der Waals surface area contributed by atoms with Crippen molar-refractivity contribution < 1.29 is 9.21 Å². The lowest BCUT2D eigenvalue weighted by molar-refractivity contribution is 0.0703. The number of rotatable bonds is 2. The number of likely N-dealkylation sites (tertiary alicyclic amines) is 1. The number of benzene rings is 1. The van der Waals surface area contributed by atoms with Gasteiger partial charge in [-0.15, -0.1) is 0 Å². The highest BCUT2D eigenvalue weighted by Crippen LogP contribution is 2.33. The van der Waals surface area contributed by atoms with Crippen LogP contribution < -0.4 is 0 Å². The predicted octanol–water partition coefficient (Wildman–Crippen LogP) is 3.91. The highest BCUT2D eigenvalue weighted by Gasteiger charge is 2.31. The van der Waals surface area contributed by atoms with Crippen molar-refractivity contribution in [2.75, 3.05) is 6.54 Å². The van der Waals surface area contributed by atoms with Gasteiger partial charge in [-0.2, -0.15) is 0 Å². The lowest BCUT2D eigenvalue weighted by Gasteiger charge is -2.24. The maximum Gasteiger partial charge on any atom is 0.290 e. The van der Waals surface area contributed by atoms with E-state index >= 15 is 0 Å². The first-order chi connectivity index (χ1) is 9.25. The second-order valence-electron chi connectivity index (χ2n) is 4.67. The predicted molar refractivity (Wildman–Crippen MR) is 73.2 cm³/mol. The van der Waals surface area contributed by atoms with Crippen LogP contribution in [0.2, 0.25) is 5.22 Å². The number of amides is 1. The molecule has 4 heteroatoms. The van der Waals surface area contributed by atoms with Crippen LogP contribution in [0, 0.1) is 0 Å². The van der Waals surface area contributed by atoms with E-state index in [-0.39, 0.29) is 17.2 Å². The summed E-state index contributed by atoms with van der Waals surface area (Å²) in [5.74, 6) is 0.228. The van der Waals surface area contributed by atoms with Crippen LogP contribution in [0.3, 0.4) is 0 Å². The van der Waals surface area contributed by atoms with Crippen LogP contribution >= 0.6 is 11.6 Å². The summed E-state index contributed by atoms with van der Waals surface area (Å²) < 4.78 is 5.22. The Bertz CT molecular complexity index is 579. The van der Waals surface area contributed by atoms with E-state index in [0.717, 1.165) is 19.4 Å². The smallest absolute Gasteiger partial charge is 0.290 e. The lowest BCUT2D eigenvalue weighted by Crippen LogP contribution is -2.30. The lowest BCUT2D eigenvalue weighted by atomic mass is 10.0. The first-order valence-electron chi connectivity index (χ1n) is 6.37. The number of hydrogen-bond donors (Lipinski definition) is 0. The number of carbonyl (C=O) groups is 1. The molecule has 1 aliphatic heterocycles. The first kappa shape index (κ1) is 12.3. The highest BCUT2D eigenvalue weighted by molar-refractivity contribution is 6.29. The van der Waals surface area contributed by atoms with Gasteiger partial charge in [0.05, 0.1) is 6.04 Å². The van der Waals surface area contributed by atoms with E-state index in [0.29, 0.717) is 5.76 Å². The van der Waals surface area contributed by atoms with Gasteiger partial charge in [0, 0.05) is 6.54 Å². The van der Waals surface area contributed by atoms with Crippen molar-refractivity contribution in [1.29, 1.82) is 0 Å². The Morgan fingerprint density at radius 1 is 1.21 bits per heavy atom. The third-order valence-electron chi connectivity index (χ3n) is 3.48. The molecule has 0 saturated carbocycles. The summed E-state index contributed by atoms with van der Waals surface area (Å²) in [6, 6.07) is 13.5. The second kappa shape index (κ2) is 5.10. The molecule has 1 aliphatic rings. The van der Waals surface area contributed by atoms with E-state index < -0.39 is 0 Å². The fourth-order valence-electron chi connectivity index (χ4n) is 2.60. The zero-order valence-electron chi connectivity index (χ0n) is 10.4. The first-order valence-corrected chi connectivity index (χ1v) is 6.75. The molecular formula is C15H14ClNO2. The number of nitrogens with zero attached hydrogens (tertiary/aromatic N) is 1. The minimum atomic E-state index is -0.0850. The van der Waals surface area contributed by atoms with Crippen molar-refractivity contribution in [3.05, 3.63) is 59.0 Å². The van der Waals surface area contributed by atoms with E-state index in [1.54, 1.807) is 12.1 Å². The quantitative estimate of drug-likeness (QED) is 0.832. The van der Waals surface area contributed by atoms with Gasteiger partial charge >= 0.3 is 0 Å². The van der Waals surface area contributed by atoms with Crippen LogP contribution in [0.4, 0.5) is 0 Å². The zero-order valence-corrected chi connectivity index (χ0v) is 11.1. The minimum Gasteiger partial charge on any atom is -0.440 e. The standard InChI is InChI=1S/C15H14ClNO2/c16-14-9-8-13(19-14)15(18)17-10-4-7-12(17)11-5-2-1-3-6-11/h1-3,5-6,8-9,12H,4,7,10H2. The molecule has 2 heterocycles. The molecular weight excluding hydrogens is 262 g/mol. The maximum absolute atomic E-state index is 12.4. The third kappa shape index (κ3) is 2.38. The zero-order chi connectivity index (χ0) is 13.2. The monoisotopic (exact) mass is 275 g/mol. The van der Waals surface area contributed by atoms with Crippen molar-refractivity contribution in [2.45, 2.75) is 18.9 Å². The molecule has 1 atom stereocenters. The molecule has 19 heavy (non-hydrogen) atoms. The Kier molecular flexibility index (Phi) is 3.30. The molecule has 0 spiro atoms. The molecule has 1 aromatic heterocycles. The van der Waals surface area contributed by atoms with Crippen LogP contribution in [-0.2, 0) is 0 Å². The van der Waals surface area contributed by atoms with Crippen molar-refractivity contribution in [3.63, 3.8) is 0 Å². The van der Waals surface area contributed by atoms with Gasteiger partial charge in [-0.3, -0.25) is 4.79 Å². The number of furan rings is 1. The Hall–Kier alpha value is -1.74. The topological polar surface area (TPSA) is 33.5 Å². The van der Waals surface area contributed by atoms with Crippen molar-refractivity contribution in [1.82, 2.24) is 4.90 Å². The summed E-state index contributed by atoms with van der Waals surface area (Å²) in [7, 11) is 0. The Labute approximate surface area is 116 Å². The van der Waals surface area contributed by atoms with Crippen LogP contribution in [0.5, 0.6) is 0 Å².